The van der Waals surface area contributed by atoms with Crippen molar-refractivity contribution in [1.29, 1.82) is 0 Å². The van der Waals surface area contributed by atoms with E-state index in [-0.39, 0.29) is 5.54 Å². The number of benzene rings is 1. The van der Waals surface area contributed by atoms with Gasteiger partial charge in [0.15, 0.2) is 0 Å². The van der Waals surface area contributed by atoms with Gasteiger partial charge in [0.05, 0.1) is 10.5 Å². The third-order valence-electron chi connectivity index (χ3n) is 3.75. The molecule has 2 aromatic rings. The van der Waals surface area contributed by atoms with Crippen LogP contribution in [0.15, 0.2) is 18.2 Å². The highest BCUT2D eigenvalue weighted by molar-refractivity contribution is 6.35. The number of halogens is 1. The van der Waals surface area contributed by atoms with Crippen LogP contribution in [0.2, 0.25) is 5.02 Å². The van der Waals surface area contributed by atoms with Crippen molar-refractivity contribution in [3.63, 3.8) is 0 Å². The zero-order valence-electron chi connectivity index (χ0n) is 10.5. The van der Waals surface area contributed by atoms with Crippen LogP contribution in [0.25, 0.3) is 10.9 Å². The van der Waals surface area contributed by atoms with Crippen LogP contribution >= 0.6 is 11.6 Å². The quantitative estimate of drug-likeness (QED) is 0.757. The van der Waals surface area contributed by atoms with Gasteiger partial charge in [0.25, 0.3) is 0 Å². The van der Waals surface area contributed by atoms with E-state index in [0.29, 0.717) is 0 Å². The van der Waals surface area contributed by atoms with E-state index < -0.39 is 0 Å². The third kappa shape index (κ3) is 1.59. The number of para-hydroxylation sites is 1. The first-order valence-corrected chi connectivity index (χ1v) is 6.37. The molecule has 0 fully saturated rings. The van der Waals surface area contributed by atoms with Gasteiger partial charge in [-0.15, -0.1) is 0 Å². The van der Waals surface area contributed by atoms with Crippen LogP contribution < -0.4 is 5.32 Å². The fourth-order valence-electron chi connectivity index (χ4n) is 2.82. The minimum Gasteiger partial charge on any atom is -0.346 e. The van der Waals surface area contributed by atoms with Crippen molar-refractivity contribution in [3.05, 3.63) is 34.5 Å². The highest BCUT2D eigenvalue weighted by Gasteiger charge is 2.29. The zero-order chi connectivity index (χ0) is 12.2. The topological polar surface area (TPSA) is 17.0 Å². The summed E-state index contributed by atoms with van der Waals surface area (Å²) in [5.41, 5.74) is 4.15. The summed E-state index contributed by atoms with van der Waals surface area (Å²) in [6.07, 6.45) is 1.05. The van der Waals surface area contributed by atoms with Crippen LogP contribution in [0.1, 0.15) is 25.1 Å². The molecule has 0 bridgehead atoms. The number of aromatic nitrogens is 1. The van der Waals surface area contributed by atoms with Crippen molar-refractivity contribution >= 4 is 22.5 Å². The molecule has 1 aliphatic heterocycles. The fourth-order valence-corrected chi connectivity index (χ4v) is 3.13. The second kappa shape index (κ2) is 3.50. The largest absolute Gasteiger partial charge is 0.346 e. The van der Waals surface area contributed by atoms with Gasteiger partial charge in [-0.25, -0.2) is 0 Å². The lowest BCUT2D eigenvalue weighted by atomic mass is 9.91. The average molecular weight is 249 g/mol. The Hall–Kier alpha value is -0.990. The Balaban J connectivity index is 2.32. The summed E-state index contributed by atoms with van der Waals surface area (Å²) in [4.78, 5) is 0. The average Bonchev–Trinajstić information content (AvgIpc) is 2.52. The second-order valence-electron chi connectivity index (χ2n) is 5.53. The van der Waals surface area contributed by atoms with Crippen LogP contribution in [0.5, 0.6) is 0 Å². The van der Waals surface area contributed by atoms with Crippen LogP contribution in [0, 0.1) is 0 Å². The lowest BCUT2D eigenvalue weighted by Crippen LogP contribution is -2.44. The van der Waals surface area contributed by atoms with Gasteiger partial charge in [-0.3, -0.25) is 0 Å². The molecule has 1 aromatic heterocycles. The molecule has 0 saturated heterocycles. The van der Waals surface area contributed by atoms with Gasteiger partial charge in [0.2, 0.25) is 0 Å². The van der Waals surface area contributed by atoms with Gasteiger partial charge in [-0.1, -0.05) is 23.7 Å². The molecular formula is C14H17ClN2. The van der Waals surface area contributed by atoms with E-state index in [1.165, 1.54) is 22.2 Å². The monoisotopic (exact) mass is 248 g/mol. The van der Waals surface area contributed by atoms with E-state index in [4.69, 9.17) is 11.6 Å². The minimum absolute atomic E-state index is 0.168. The number of aryl methyl sites for hydroxylation is 1. The number of nitrogens with one attached hydrogen (secondary N) is 1. The molecule has 1 aliphatic rings. The predicted octanol–water partition coefficient (Wildman–Crippen LogP) is 3.26. The smallest absolute Gasteiger partial charge is 0.0672 e. The summed E-state index contributed by atoms with van der Waals surface area (Å²) in [5.74, 6) is 0. The molecule has 90 valence electrons. The molecule has 0 amide bonds. The standard InChI is InChI=1S/C14H17ClN2/c1-14(2)7-12-10(8-16-14)9-5-4-6-11(15)13(9)17(12)3/h4-6,16H,7-8H2,1-3H3. The summed E-state index contributed by atoms with van der Waals surface area (Å²) in [5, 5.41) is 5.72. The lowest BCUT2D eigenvalue weighted by molar-refractivity contribution is 0.356. The molecule has 17 heavy (non-hydrogen) atoms. The molecule has 0 spiro atoms. The third-order valence-corrected chi connectivity index (χ3v) is 4.06. The normalized spacial score (nSPS) is 18.4. The van der Waals surface area contributed by atoms with Crippen molar-refractivity contribution in [2.45, 2.75) is 32.4 Å². The Labute approximate surface area is 107 Å². The van der Waals surface area contributed by atoms with Crippen molar-refractivity contribution in [1.82, 2.24) is 9.88 Å². The van der Waals surface area contributed by atoms with Gasteiger partial charge in [0, 0.05) is 36.6 Å². The first-order valence-electron chi connectivity index (χ1n) is 5.99. The van der Waals surface area contributed by atoms with Crippen LogP contribution in [-0.2, 0) is 20.0 Å². The van der Waals surface area contributed by atoms with Gasteiger partial charge < -0.3 is 9.88 Å². The molecule has 3 rings (SSSR count). The fraction of sp³-hybridized carbons (Fsp3) is 0.429. The molecular weight excluding hydrogens is 232 g/mol. The zero-order valence-corrected chi connectivity index (χ0v) is 11.2. The van der Waals surface area contributed by atoms with Crippen LogP contribution in [-0.4, -0.2) is 10.1 Å². The summed E-state index contributed by atoms with van der Waals surface area (Å²) in [6, 6.07) is 6.17. The number of hydrogen-bond acceptors (Lipinski definition) is 1. The summed E-state index contributed by atoms with van der Waals surface area (Å²) in [6.45, 7) is 5.42. The summed E-state index contributed by atoms with van der Waals surface area (Å²) < 4.78 is 2.26. The van der Waals surface area contributed by atoms with E-state index in [2.05, 4.69) is 36.8 Å². The van der Waals surface area contributed by atoms with E-state index in [9.17, 15) is 0 Å². The molecule has 0 atom stereocenters. The summed E-state index contributed by atoms with van der Waals surface area (Å²) in [7, 11) is 2.12. The molecule has 2 heterocycles. The molecule has 0 saturated carbocycles. The number of nitrogens with zero attached hydrogens (tertiary/aromatic N) is 1. The van der Waals surface area contributed by atoms with Crippen molar-refractivity contribution in [2.75, 3.05) is 0 Å². The molecule has 0 unspecified atom stereocenters. The van der Waals surface area contributed by atoms with E-state index >= 15 is 0 Å². The van der Waals surface area contributed by atoms with Crippen LogP contribution in [0.4, 0.5) is 0 Å². The second-order valence-corrected chi connectivity index (χ2v) is 5.94. The molecule has 1 aromatic carbocycles. The van der Waals surface area contributed by atoms with Gasteiger partial charge in [-0.2, -0.15) is 0 Å². The SMILES string of the molecule is Cn1c2c(c3cccc(Cl)c31)CNC(C)(C)C2. The summed E-state index contributed by atoms with van der Waals surface area (Å²) >= 11 is 6.31. The van der Waals surface area contributed by atoms with Crippen LogP contribution in [0.3, 0.4) is 0 Å². The Bertz CT molecular complexity index is 596. The molecule has 1 N–H and O–H groups in total. The highest BCUT2D eigenvalue weighted by atomic mass is 35.5. The first-order chi connectivity index (χ1) is 7.99. The maximum absolute atomic E-state index is 6.31. The maximum atomic E-state index is 6.31. The van der Waals surface area contributed by atoms with Gasteiger partial charge >= 0.3 is 0 Å². The van der Waals surface area contributed by atoms with Crippen molar-refractivity contribution in [2.24, 2.45) is 7.05 Å². The predicted molar refractivity (Wildman–Crippen MR) is 72.6 cm³/mol. The molecule has 2 nitrogen and oxygen atoms in total. The van der Waals surface area contributed by atoms with Crippen molar-refractivity contribution < 1.29 is 0 Å². The number of hydrogen-bond donors (Lipinski definition) is 1. The van der Waals surface area contributed by atoms with E-state index in [0.717, 1.165) is 18.0 Å². The Kier molecular flexibility index (Phi) is 2.29. The van der Waals surface area contributed by atoms with E-state index in [1.54, 1.807) is 0 Å². The molecule has 0 radical (unpaired) electrons. The number of rotatable bonds is 0. The molecule has 0 aliphatic carbocycles. The first kappa shape index (κ1) is 11.1. The Morgan fingerprint density at radius 2 is 2.12 bits per heavy atom. The molecule has 3 heteroatoms. The highest BCUT2D eigenvalue weighted by Crippen LogP contribution is 2.34. The van der Waals surface area contributed by atoms with E-state index in [1.807, 2.05) is 12.1 Å². The minimum atomic E-state index is 0.168. The number of fused-ring (bicyclic) bond motifs is 3. The van der Waals surface area contributed by atoms with Gasteiger partial charge in [0.1, 0.15) is 0 Å². The Morgan fingerprint density at radius 3 is 2.88 bits per heavy atom. The lowest BCUT2D eigenvalue weighted by Gasteiger charge is -2.32. The Morgan fingerprint density at radius 1 is 1.35 bits per heavy atom. The maximum Gasteiger partial charge on any atom is 0.0672 e. The van der Waals surface area contributed by atoms with Gasteiger partial charge in [-0.05, 0) is 25.5 Å². The van der Waals surface area contributed by atoms with Crippen molar-refractivity contribution in [3.8, 4) is 0 Å².